The van der Waals surface area contributed by atoms with Crippen LogP contribution < -0.4 is 0 Å². The van der Waals surface area contributed by atoms with Crippen LogP contribution in [0.15, 0.2) is 96.1 Å². The van der Waals surface area contributed by atoms with Crippen molar-refractivity contribution in [1.82, 2.24) is 4.98 Å². The molecule has 5 nitrogen and oxygen atoms in total. The van der Waals surface area contributed by atoms with Crippen LogP contribution in [0.1, 0.15) is 53.9 Å². The molecule has 9 heteroatoms. The molecule has 1 N–H and O–H groups in total. The number of rotatable bonds is 4. The van der Waals surface area contributed by atoms with Gasteiger partial charge in [0, 0.05) is 51.5 Å². The van der Waals surface area contributed by atoms with E-state index in [4.69, 9.17) is 2.74 Å². The number of carbonyl (C=O) groups excluding carboxylic acids is 4. The maximum atomic E-state index is 12.9. The summed E-state index contributed by atoms with van der Waals surface area (Å²) in [5.41, 5.74) is 3.23. The van der Waals surface area contributed by atoms with Crippen molar-refractivity contribution < 1.29 is 21.9 Å². The summed E-state index contributed by atoms with van der Waals surface area (Å²) in [6, 6.07) is 24.9. The van der Waals surface area contributed by atoms with Gasteiger partial charge in [0.1, 0.15) is 0 Å². The van der Waals surface area contributed by atoms with E-state index in [1.165, 1.54) is 22.7 Å². The number of hydrogen-bond donors (Lipinski definition) is 1. The third-order valence-electron chi connectivity index (χ3n) is 7.87. The van der Waals surface area contributed by atoms with Crippen molar-refractivity contribution >= 4 is 101 Å². The Hall–Kier alpha value is -4.80. The quantitative estimate of drug-likeness (QED) is 0.151. The third-order valence-corrected chi connectivity index (χ3v) is 12.7. The van der Waals surface area contributed by atoms with Crippen LogP contribution in [-0.4, -0.2) is 28.1 Å². The number of H-pyrrole nitrogens is 1. The Morgan fingerprint density at radius 3 is 1.24 bits per heavy atom. The van der Waals surface area contributed by atoms with Gasteiger partial charge in [-0.05, 0) is 48.5 Å². The summed E-state index contributed by atoms with van der Waals surface area (Å²) in [4.78, 5) is 60.3. The van der Waals surface area contributed by atoms with Gasteiger partial charge in [0.05, 0.1) is 34.3 Å². The maximum absolute atomic E-state index is 12.9. The average molecular weight is 658 g/mol. The van der Waals surface area contributed by atoms with E-state index in [9.17, 15) is 19.2 Å². The molecule has 2 aliphatic carbocycles. The SMILES string of the molecule is [2H]C(=C1C(=O)c2ccccc2C1=O)c1ccc(-c2cc3[nH]c4cc(-c5ccc(C([2H])=C6C(=O)c7ccccc7C6=O)s5)sc4c3s2)s1. The second kappa shape index (κ2) is 9.85. The van der Waals surface area contributed by atoms with Gasteiger partial charge in [-0.2, -0.15) is 0 Å². The number of aromatic amines is 1. The number of hydrogen-bond acceptors (Lipinski definition) is 8. The van der Waals surface area contributed by atoms with E-state index in [-0.39, 0.29) is 23.3 Å². The molecule has 2 aliphatic rings. The first-order chi connectivity index (χ1) is 22.8. The zero-order chi connectivity index (χ0) is 32.1. The van der Waals surface area contributed by atoms with E-state index in [0.29, 0.717) is 32.0 Å². The van der Waals surface area contributed by atoms with Crippen LogP contribution in [-0.2, 0) is 0 Å². The number of thiophene rings is 4. The first-order valence-electron chi connectivity index (χ1n) is 14.8. The van der Waals surface area contributed by atoms with E-state index in [0.717, 1.165) is 39.9 Å². The van der Waals surface area contributed by atoms with E-state index in [1.807, 2.05) is 12.1 Å². The summed E-state index contributed by atoms with van der Waals surface area (Å²) in [5.74, 6) is -1.59. The highest BCUT2D eigenvalue weighted by atomic mass is 32.1. The molecule has 0 saturated heterocycles. The lowest BCUT2D eigenvalue weighted by atomic mass is 10.1. The molecule has 0 atom stereocenters. The van der Waals surface area contributed by atoms with E-state index < -0.39 is 23.1 Å². The molecular formula is C36H17NO4S4. The highest BCUT2D eigenvalue weighted by molar-refractivity contribution is 7.32. The molecule has 214 valence electrons. The lowest BCUT2D eigenvalue weighted by Crippen LogP contribution is -1.99. The van der Waals surface area contributed by atoms with E-state index in [2.05, 4.69) is 17.1 Å². The molecule has 0 bridgehead atoms. The minimum atomic E-state index is -0.398. The molecule has 5 heterocycles. The molecule has 0 fully saturated rings. The summed E-state index contributed by atoms with van der Waals surface area (Å²) in [6.45, 7) is 0. The van der Waals surface area contributed by atoms with E-state index in [1.54, 1.807) is 83.3 Å². The van der Waals surface area contributed by atoms with Crippen molar-refractivity contribution in [3.63, 3.8) is 0 Å². The van der Waals surface area contributed by atoms with Crippen LogP contribution in [0.25, 0.3) is 52.0 Å². The third kappa shape index (κ3) is 4.09. The van der Waals surface area contributed by atoms with Crippen LogP contribution in [0.2, 0.25) is 0 Å². The maximum Gasteiger partial charge on any atom is 0.197 e. The molecule has 7 aromatic rings. The predicted molar refractivity (Wildman–Crippen MR) is 184 cm³/mol. The molecular weight excluding hydrogens is 639 g/mol. The van der Waals surface area contributed by atoms with Gasteiger partial charge in [0.15, 0.2) is 23.1 Å². The topological polar surface area (TPSA) is 84.1 Å². The van der Waals surface area contributed by atoms with E-state index >= 15 is 0 Å². The minimum Gasteiger partial charge on any atom is -0.353 e. The van der Waals surface area contributed by atoms with Gasteiger partial charge in [0.2, 0.25) is 0 Å². The number of nitrogens with one attached hydrogen (secondary N) is 1. The molecule has 0 saturated carbocycles. The molecule has 0 spiro atoms. The number of carbonyl (C=O) groups is 4. The van der Waals surface area contributed by atoms with Crippen LogP contribution in [0.3, 0.4) is 0 Å². The van der Waals surface area contributed by atoms with Crippen molar-refractivity contribution in [3.8, 4) is 19.5 Å². The van der Waals surface area contributed by atoms with Crippen molar-refractivity contribution in [1.29, 1.82) is 0 Å². The first kappa shape index (κ1) is 24.5. The first-order valence-corrected chi connectivity index (χ1v) is 17.1. The number of fused-ring (bicyclic) bond motifs is 5. The number of Topliss-reactive ketones (excluding diaryl/α,β-unsaturated/α-hetero) is 4. The Balaban J connectivity index is 1.02. The molecule has 2 aromatic carbocycles. The summed E-state index contributed by atoms with van der Waals surface area (Å²) in [5, 5.41) is 0. The van der Waals surface area contributed by atoms with Gasteiger partial charge in [-0.3, -0.25) is 19.2 Å². The van der Waals surface area contributed by atoms with Crippen molar-refractivity contribution in [2.24, 2.45) is 0 Å². The molecule has 9 rings (SSSR count). The van der Waals surface area contributed by atoms with Crippen molar-refractivity contribution in [3.05, 3.63) is 128 Å². The minimum absolute atomic E-state index is 0.0483. The summed E-state index contributed by atoms with van der Waals surface area (Å²) in [6.07, 6.45) is 0. The highest BCUT2D eigenvalue weighted by Gasteiger charge is 2.33. The standard InChI is InChI=1S/C36H17NO4S4/c38-31-19-5-1-2-6-20(19)32(39)23(31)13-17-9-11-27(42-17)29-15-25-35(44-29)36-26(37-25)16-30(45-36)28-12-10-18(43-28)14-24-33(40)21-7-3-4-8-22(21)34(24)41/h1-16,37H/i13D,14D. The zero-order valence-corrected chi connectivity index (χ0v) is 26.1. The highest BCUT2D eigenvalue weighted by Crippen LogP contribution is 2.46. The number of aromatic nitrogens is 1. The van der Waals surface area contributed by atoms with Crippen LogP contribution in [0.4, 0.5) is 0 Å². The van der Waals surface area contributed by atoms with Crippen LogP contribution >= 0.6 is 45.3 Å². The second-order valence-corrected chi connectivity index (χ2v) is 14.8. The second-order valence-electron chi connectivity index (χ2n) is 10.6. The Labute approximate surface area is 274 Å². The predicted octanol–water partition coefficient (Wildman–Crippen LogP) is 9.83. The van der Waals surface area contributed by atoms with Crippen LogP contribution in [0.5, 0.6) is 0 Å². The molecule has 5 aromatic heterocycles. The molecule has 0 radical (unpaired) electrons. The molecule has 0 aliphatic heterocycles. The fraction of sp³-hybridized carbons (Fsp3) is 0. The van der Waals surface area contributed by atoms with Crippen molar-refractivity contribution in [2.75, 3.05) is 0 Å². The van der Waals surface area contributed by atoms with Gasteiger partial charge in [-0.25, -0.2) is 0 Å². The fourth-order valence-corrected chi connectivity index (χ4v) is 10.1. The number of ketones is 4. The average Bonchev–Trinajstić information content (AvgIpc) is 3.92. The Kier molecular flexibility index (Phi) is 5.37. The summed E-state index contributed by atoms with van der Waals surface area (Å²) >= 11 is 6.04. The smallest absolute Gasteiger partial charge is 0.197 e. The Morgan fingerprint density at radius 1 is 0.489 bits per heavy atom. The monoisotopic (exact) mass is 657 g/mol. The van der Waals surface area contributed by atoms with Crippen molar-refractivity contribution in [2.45, 2.75) is 0 Å². The van der Waals surface area contributed by atoms with Gasteiger partial charge in [0.25, 0.3) is 0 Å². The van der Waals surface area contributed by atoms with Gasteiger partial charge in [-0.15, -0.1) is 45.3 Å². The van der Waals surface area contributed by atoms with Gasteiger partial charge < -0.3 is 4.98 Å². The Bertz CT molecular complexity index is 2390. The number of allylic oxidation sites excluding steroid dienone is 2. The van der Waals surface area contributed by atoms with Crippen LogP contribution in [0, 0.1) is 0 Å². The van der Waals surface area contributed by atoms with Gasteiger partial charge >= 0.3 is 0 Å². The number of benzene rings is 2. The fourth-order valence-electron chi connectivity index (χ4n) is 5.74. The molecule has 45 heavy (non-hydrogen) atoms. The lowest BCUT2D eigenvalue weighted by Gasteiger charge is -1.92. The molecule has 0 unspecified atom stereocenters. The summed E-state index contributed by atoms with van der Waals surface area (Å²) < 4.78 is 19.6. The Morgan fingerprint density at radius 2 is 0.867 bits per heavy atom. The molecule has 0 amide bonds. The van der Waals surface area contributed by atoms with Gasteiger partial charge in [-0.1, -0.05) is 48.5 Å². The lowest BCUT2D eigenvalue weighted by molar-refractivity contribution is 0.0975. The zero-order valence-electron chi connectivity index (χ0n) is 24.8. The largest absolute Gasteiger partial charge is 0.353 e. The summed E-state index contributed by atoms with van der Waals surface area (Å²) in [7, 11) is 0. The normalized spacial score (nSPS) is 14.9.